The lowest BCUT2D eigenvalue weighted by atomic mass is 10.0. The highest BCUT2D eigenvalue weighted by molar-refractivity contribution is 7.89. The van der Waals surface area contributed by atoms with Gasteiger partial charge < -0.3 is 21.1 Å². The first kappa shape index (κ1) is 20.7. The summed E-state index contributed by atoms with van der Waals surface area (Å²) in [5.74, 6) is 0.310. The molecule has 2 aromatic rings. The van der Waals surface area contributed by atoms with Crippen LogP contribution in [0.1, 0.15) is 19.4 Å². The summed E-state index contributed by atoms with van der Waals surface area (Å²) in [7, 11) is 0. The molecule has 0 aromatic heterocycles. The van der Waals surface area contributed by atoms with Crippen molar-refractivity contribution in [2.45, 2.75) is 37.3 Å². The Labute approximate surface area is 159 Å². The first-order valence-corrected chi connectivity index (χ1v) is 9.97. The molecule has 3 atom stereocenters. The number of hydrogen-bond acceptors (Lipinski definition) is 5. The van der Waals surface area contributed by atoms with E-state index < -0.39 is 23.5 Å². The highest BCUT2D eigenvalue weighted by Gasteiger charge is 2.28. The SMILES string of the molecule is CC(C)CN(CC(O)C(N)Cc1ccccc1)[S+]([O-])c1ccc(N)cc1. The zero-order chi connectivity index (χ0) is 19.1. The number of nitrogen functional groups attached to an aromatic ring is 1. The Kier molecular flexibility index (Phi) is 7.93. The van der Waals surface area contributed by atoms with Gasteiger partial charge in [-0.2, -0.15) is 0 Å². The van der Waals surface area contributed by atoms with Crippen molar-refractivity contribution < 1.29 is 9.66 Å². The molecule has 0 saturated carbocycles. The van der Waals surface area contributed by atoms with Crippen molar-refractivity contribution in [1.29, 1.82) is 0 Å². The molecule has 5 nitrogen and oxygen atoms in total. The van der Waals surface area contributed by atoms with Crippen LogP contribution >= 0.6 is 0 Å². The summed E-state index contributed by atoms with van der Waals surface area (Å²) < 4.78 is 14.7. The van der Waals surface area contributed by atoms with Crippen molar-refractivity contribution in [2.75, 3.05) is 18.8 Å². The van der Waals surface area contributed by atoms with Gasteiger partial charge >= 0.3 is 0 Å². The second-order valence-corrected chi connectivity index (χ2v) is 8.47. The minimum atomic E-state index is -1.37. The summed E-state index contributed by atoms with van der Waals surface area (Å²) in [5.41, 5.74) is 13.6. The first-order valence-electron chi connectivity index (χ1n) is 8.86. The van der Waals surface area contributed by atoms with Gasteiger partial charge in [-0.05, 0) is 42.2 Å². The van der Waals surface area contributed by atoms with Gasteiger partial charge in [0.25, 0.3) is 0 Å². The molecule has 3 unspecified atom stereocenters. The molecule has 0 fully saturated rings. The van der Waals surface area contributed by atoms with Crippen molar-refractivity contribution in [2.24, 2.45) is 11.7 Å². The molecule has 26 heavy (non-hydrogen) atoms. The van der Waals surface area contributed by atoms with Gasteiger partial charge in [-0.3, -0.25) is 0 Å². The van der Waals surface area contributed by atoms with E-state index in [-0.39, 0.29) is 6.54 Å². The molecular weight excluding hydrogens is 346 g/mol. The van der Waals surface area contributed by atoms with Crippen LogP contribution in [0.25, 0.3) is 0 Å². The zero-order valence-corrected chi connectivity index (χ0v) is 16.2. The third-order valence-corrected chi connectivity index (χ3v) is 5.53. The smallest absolute Gasteiger partial charge is 0.174 e. The molecule has 5 N–H and O–H groups in total. The Morgan fingerprint density at radius 3 is 2.23 bits per heavy atom. The van der Waals surface area contributed by atoms with Crippen LogP contribution in [0.4, 0.5) is 5.69 Å². The number of nitrogens with zero attached hydrogens (tertiary/aromatic N) is 1. The maximum atomic E-state index is 13.0. The Bertz CT molecular complexity index is 652. The first-order chi connectivity index (χ1) is 12.4. The van der Waals surface area contributed by atoms with Gasteiger partial charge in [-0.25, -0.2) is 0 Å². The van der Waals surface area contributed by atoms with Crippen molar-refractivity contribution >= 4 is 17.0 Å². The van der Waals surface area contributed by atoms with Crippen molar-refractivity contribution in [3.05, 3.63) is 60.2 Å². The number of aliphatic hydroxyl groups is 1. The highest BCUT2D eigenvalue weighted by Crippen LogP contribution is 2.19. The summed E-state index contributed by atoms with van der Waals surface area (Å²) in [6.45, 7) is 4.97. The molecule has 0 bridgehead atoms. The third-order valence-electron chi connectivity index (χ3n) is 4.08. The fourth-order valence-electron chi connectivity index (χ4n) is 2.72. The van der Waals surface area contributed by atoms with Crippen LogP contribution < -0.4 is 11.5 Å². The maximum Gasteiger partial charge on any atom is 0.174 e. The number of anilines is 1. The minimum Gasteiger partial charge on any atom is -0.593 e. The molecule has 0 radical (unpaired) electrons. The van der Waals surface area contributed by atoms with E-state index in [1.165, 1.54) is 0 Å². The molecule has 2 rings (SSSR count). The van der Waals surface area contributed by atoms with E-state index >= 15 is 0 Å². The van der Waals surface area contributed by atoms with Crippen LogP contribution in [0.2, 0.25) is 0 Å². The summed E-state index contributed by atoms with van der Waals surface area (Å²) in [6.07, 6.45) is -0.196. The molecular formula is C20H29N3O2S. The summed E-state index contributed by atoms with van der Waals surface area (Å²) in [5, 5.41) is 10.6. The standard InChI is InChI=1S/C20H29N3O2S/c1-15(2)13-23(26(25)18-10-8-17(21)9-11-18)14-20(24)19(22)12-16-6-4-3-5-7-16/h3-11,15,19-20,24H,12-14,21-22H2,1-2H3. The lowest BCUT2D eigenvalue weighted by molar-refractivity contribution is 0.116. The third kappa shape index (κ3) is 6.30. The molecule has 2 aromatic carbocycles. The largest absolute Gasteiger partial charge is 0.593 e. The molecule has 6 heteroatoms. The van der Waals surface area contributed by atoms with Gasteiger partial charge in [0, 0.05) is 18.3 Å². The van der Waals surface area contributed by atoms with Gasteiger partial charge in [0.1, 0.15) is 0 Å². The van der Waals surface area contributed by atoms with Crippen LogP contribution in [0.15, 0.2) is 59.5 Å². The predicted octanol–water partition coefficient (Wildman–Crippen LogP) is 2.18. The number of rotatable bonds is 9. The average molecular weight is 376 g/mol. The van der Waals surface area contributed by atoms with Gasteiger partial charge in [0.15, 0.2) is 4.90 Å². The van der Waals surface area contributed by atoms with E-state index in [9.17, 15) is 9.66 Å². The molecule has 0 spiro atoms. The lowest BCUT2D eigenvalue weighted by Crippen LogP contribution is -2.47. The molecule has 142 valence electrons. The normalized spacial score (nSPS) is 15.2. The van der Waals surface area contributed by atoms with E-state index in [4.69, 9.17) is 11.5 Å². The Morgan fingerprint density at radius 2 is 1.65 bits per heavy atom. The van der Waals surface area contributed by atoms with Crippen LogP contribution in [-0.4, -0.2) is 39.2 Å². The fraction of sp³-hybridized carbons (Fsp3) is 0.400. The quantitative estimate of drug-likeness (QED) is 0.461. The van der Waals surface area contributed by atoms with E-state index in [1.54, 1.807) is 28.6 Å². The highest BCUT2D eigenvalue weighted by atomic mass is 32.2. The van der Waals surface area contributed by atoms with E-state index in [2.05, 4.69) is 13.8 Å². The molecule has 0 aliphatic heterocycles. The lowest BCUT2D eigenvalue weighted by Gasteiger charge is -2.29. The van der Waals surface area contributed by atoms with Crippen LogP contribution in [0.3, 0.4) is 0 Å². The van der Waals surface area contributed by atoms with Crippen molar-refractivity contribution in [1.82, 2.24) is 4.31 Å². The topological polar surface area (TPSA) is 98.6 Å². The maximum absolute atomic E-state index is 13.0. The number of benzene rings is 2. The fourth-order valence-corrected chi connectivity index (χ4v) is 4.11. The van der Waals surface area contributed by atoms with E-state index in [0.29, 0.717) is 29.5 Å². The summed E-state index contributed by atoms with van der Waals surface area (Å²) in [6, 6.07) is 16.4. The predicted molar refractivity (Wildman–Crippen MR) is 108 cm³/mol. The van der Waals surface area contributed by atoms with E-state index in [0.717, 1.165) is 5.56 Å². The van der Waals surface area contributed by atoms with Crippen molar-refractivity contribution in [3.63, 3.8) is 0 Å². The molecule has 0 aliphatic carbocycles. The van der Waals surface area contributed by atoms with Crippen LogP contribution in [-0.2, 0) is 17.8 Å². The van der Waals surface area contributed by atoms with E-state index in [1.807, 2.05) is 30.3 Å². The van der Waals surface area contributed by atoms with Gasteiger partial charge in [0.2, 0.25) is 0 Å². The van der Waals surface area contributed by atoms with Gasteiger partial charge in [-0.1, -0.05) is 44.2 Å². The number of hydrogen-bond donors (Lipinski definition) is 3. The van der Waals surface area contributed by atoms with Crippen LogP contribution in [0, 0.1) is 5.92 Å². The van der Waals surface area contributed by atoms with Gasteiger partial charge in [0.05, 0.1) is 24.0 Å². The average Bonchev–Trinajstić information content (AvgIpc) is 2.61. The minimum absolute atomic E-state index is 0.253. The summed E-state index contributed by atoms with van der Waals surface area (Å²) >= 11 is -1.37. The molecule has 0 aliphatic rings. The second kappa shape index (κ2) is 9.94. The zero-order valence-electron chi connectivity index (χ0n) is 15.4. The molecule has 0 saturated heterocycles. The Hall–Kier alpha value is -1.57. The van der Waals surface area contributed by atoms with Gasteiger partial charge in [-0.15, -0.1) is 4.31 Å². The van der Waals surface area contributed by atoms with Crippen LogP contribution in [0.5, 0.6) is 0 Å². The second-order valence-electron chi connectivity index (χ2n) is 6.98. The molecule has 0 amide bonds. The molecule has 0 heterocycles. The Balaban J connectivity index is 2.04. The number of aliphatic hydroxyl groups excluding tert-OH is 1. The number of nitrogens with two attached hydrogens (primary N) is 2. The monoisotopic (exact) mass is 375 g/mol. The Morgan fingerprint density at radius 1 is 1.04 bits per heavy atom. The van der Waals surface area contributed by atoms with Crippen molar-refractivity contribution in [3.8, 4) is 0 Å². The summed E-state index contributed by atoms with van der Waals surface area (Å²) in [4.78, 5) is 0.670.